The smallest absolute Gasteiger partial charge is 0.0120 e. The minimum atomic E-state index is 0.608. The van der Waals surface area contributed by atoms with Gasteiger partial charge in [-0.05, 0) is 62.5 Å². The number of fused-ring (bicyclic) bond motifs is 2. The maximum Gasteiger partial charge on any atom is 0.0120 e. The fraction of sp³-hybridized carbons (Fsp3) is 0.385. The summed E-state index contributed by atoms with van der Waals surface area (Å²) < 4.78 is 0. The van der Waals surface area contributed by atoms with E-state index in [1.807, 2.05) is 0 Å². The molecule has 4 atom stereocenters. The number of rotatable bonds is 2. The van der Waals surface area contributed by atoms with Crippen molar-refractivity contribution in [2.75, 3.05) is 0 Å². The molecule has 5 rings (SSSR count). The van der Waals surface area contributed by atoms with E-state index >= 15 is 0 Å². The van der Waals surface area contributed by atoms with Crippen LogP contribution in [0.2, 0.25) is 0 Å². The second-order valence-electron chi connectivity index (χ2n) is 8.54. The zero-order chi connectivity index (χ0) is 17.7. The molecule has 0 aliphatic heterocycles. The lowest BCUT2D eigenvalue weighted by Crippen LogP contribution is -2.32. The Kier molecular flexibility index (Phi) is 3.89. The molecule has 2 aromatic rings. The largest absolute Gasteiger partial charge is 0.0731 e. The molecule has 0 radical (unpaired) electrons. The van der Waals surface area contributed by atoms with Gasteiger partial charge in [-0.15, -0.1) is 0 Å². The van der Waals surface area contributed by atoms with E-state index in [-0.39, 0.29) is 0 Å². The second-order valence-corrected chi connectivity index (χ2v) is 8.54. The molecule has 132 valence electrons. The summed E-state index contributed by atoms with van der Waals surface area (Å²) in [6.07, 6.45) is 5.22. The summed E-state index contributed by atoms with van der Waals surface area (Å²) in [7, 11) is 0. The predicted molar refractivity (Wildman–Crippen MR) is 109 cm³/mol. The van der Waals surface area contributed by atoms with Crippen LogP contribution in [0.4, 0.5) is 0 Å². The summed E-state index contributed by atoms with van der Waals surface area (Å²) in [5.41, 5.74) is 10.00. The average molecular weight is 341 g/mol. The van der Waals surface area contributed by atoms with Gasteiger partial charge in [-0.3, -0.25) is 0 Å². The van der Waals surface area contributed by atoms with Gasteiger partial charge in [-0.1, -0.05) is 83.0 Å². The Morgan fingerprint density at radius 3 is 1.35 bits per heavy atom. The summed E-state index contributed by atoms with van der Waals surface area (Å²) in [4.78, 5) is 0. The first kappa shape index (κ1) is 16.1. The Bertz CT molecular complexity index is 793. The molecule has 1 fully saturated rings. The molecule has 0 saturated heterocycles. The van der Waals surface area contributed by atoms with Gasteiger partial charge in [0.05, 0.1) is 0 Å². The molecule has 0 aromatic heterocycles. The first-order valence-electron chi connectivity index (χ1n) is 10.2. The van der Waals surface area contributed by atoms with E-state index in [2.05, 4.69) is 74.5 Å². The molecule has 3 aliphatic carbocycles. The van der Waals surface area contributed by atoms with Crippen LogP contribution in [0, 0.1) is 11.8 Å². The van der Waals surface area contributed by atoms with Crippen LogP contribution >= 0.6 is 0 Å². The average Bonchev–Trinajstić information content (AvgIpc) is 3.25. The molecule has 0 amide bonds. The fourth-order valence-electron chi connectivity index (χ4n) is 6.24. The van der Waals surface area contributed by atoms with Gasteiger partial charge in [-0.25, -0.2) is 0 Å². The van der Waals surface area contributed by atoms with Crippen molar-refractivity contribution in [3.63, 3.8) is 0 Å². The van der Waals surface area contributed by atoms with Gasteiger partial charge in [-0.2, -0.15) is 0 Å². The summed E-state index contributed by atoms with van der Waals surface area (Å²) >= 11 is 0. The van der Waals surface area contributed by atoms with Gasteiger partial charge in [0.1, 0.15) is 0 Å². The van der Waals surface area contributed by atoms with E-state index in [1.54, 1.807) is 22.3 Å². The Morgan fingerprint density at radius 1 is 0.577 bits per heavy atom. The highest BCUT2D eigenvalue weighted by Crippen LogP contribution is 2.62. The maximum atomic E-state index is 2.41. The molecule has 2 aromatic carbocycles. The lowest BCUT2D eigenvalue weighted by atomic mass is 9.60. The molecule has 0 heteroatoms. The predicted octanol–water partition coefficient (Wildman–Crippen LogP) is 7.02. The molecule has 0 spiro atoms. The quantitative estimate of drug-likeness (QED) is 0.515. The SMILES string of the molecule is CC1=C2[C@H](c3ccccc3)[C@@H]3CCC(C)=C3[C@@H](c3ccccc3)[C@H]2CC1. The lowest BCUT2D eigenvalue weighted by molar-refractivity contribution is 0.367. The molecule has 0 bridgehead atoms. The fourth-order valence-corrected chi connectivity index (χ4v) is 6.24. The van der Waals surface area contributed by atoms with Crippen LogP contribution in [-0.2, 0) is 0 Å². The lowest BCUT2D eigenvalue weighted by Gasteiger charge is -2.44. The topological polar surface area (TPSA) is 0 Å². The van der Waals surface area contributed by atoms with Gasteiger partial charge in [0, 0.05) is 11.8 Å². The van der Waals surface area contributed by atoms with Crippen LogP contribution in [-0.4, -0.2) is 0 Å². The molecular weight excluding hydrogens is 312 g/mol. The highest BCUT2D eigenvalue weighted by Gasteiger charge is 2.49. The van der Waals surface area contributed by atoms with E-state index in [4.69, 9.17) is 0 Å². The van der Waals surface area contributed by atoms with Crippen LogP contribution in [0.25, 0.3) is 0 Å². The monoisotopic (exact) mass is 340 g/mol. The van der Waals surface area contributed by atoms with E-state index in [0.29, 0.717) is 23.7 Å². The standard InChI is InChI=1S/C26H28/c1-17-13-15-21-23(17)25(19-9-5-3-6-10-19)22-16-14-18(2)24(22)26(21)20-11-7-4-8-12-20/h3-12,21-22,25-26H,13-16H2,1-2H3/t21-,22+,25+,26-. The minimum Gasteiger partial charge on any atom is -0.0731 e. The Morgan fingerprint density at radius 2 is 0.962 bits per heavy atom. The van der Waals surface area contributed by atoms with E-state index in [1.165, 1.54) is 36.8 Å². The van der Waals surface area contributed by atoms with Crippen LogP contribution in [0.15, 0.2) is 83.0 Å². The van der Waals surface area contributed by atoms with Crippen LogP contribution in [0.5, 0.6) is 0 Å². The summed E-state index contributed by atoms with van der Waals surface area (Å²) in [5, 5.41) is 0. The molecule has 3 aliphatic rings. The zero-order valence-electron chi connectivity index (χ0n) is 15.9. The van der Waals surface area contributed by atoms with Crippen molar-refractivity contribution in [1.29, 1.82) is 0 Å². The van der Waals surface area contributed by atoms with Crippen molar-refractivity contribution >= 4 is 0 Å². The normalized spacial score (nSPS) is 30.5. The van der Waals surface area contributed by atoms with E-state index < -0.39 is 0 Å². The van der Waals surface area contributed by atoms with Crippen molar-refractivity contribution in [3.8, 4) is 0 Å². The van der Waals surface area contributed by atoms with Gasteiger partial charge >= 0.3 is 0 Å². The van der Waals surface area contributed by atoms with Crippen molar-refractivity contribution in [2.45, 2.75) is 51.4 Å². The maximum absolute atomic E-state index is 2.41. The minimum absolute atomic E-state index is 0.608. The zero-order valence-corrected chi connectivity index (χ0v) is 15.9. The Balaban J connectivity index is 1.70. The second kappa shape index (κ2) is 6.27. The molecule has 0 heterocycles. The number of hydrogen-bond acceptors (Lipinski definition) is 0. The van der Waals surface area contributed by atoms with Crippen molar-refractivity contribution in [1.82, 2.24) is 0 Å². The number of hydrogen-bond donors (Lipinski definition) is 0. The Labute approximate surface area is 157 Å². The molecular formula is C26H28. The van der Waals surface area contributed by atoms with Crippen molar-refractivity contribution in [3.05, 3.63) is 94.1 Å². The summed E-state index contributed by atoms with van der Waals surface area (Å²) in [5.74, 6) is 2.61. The van der Waals surface area contributed by atoms with Crippen LogP contribution < -0.4 is 0 Å². The first-order valence-corrected chi connectivity index (χ1v) is 10.2. The molecule has 0 unspecified atom stereocenters. The van der Waals surface area contributed by atoms with Gasteiger partial charge in [0.2, 0.25) is 0 Å². The molecule has 26 heavy (non-hydrogen) atoms. The highest BCUT2D eigenvalue weighted by molar-refractivity contribution is 5.51. The van der Waals surface area contributed by atoms with Crippen molar-refractivity contribution in [2.24, 2.45) is 11.8 Å². The Hall–Kier alpha value is -2.08. The third-order valence-corrected chi connectivity index (χ3v) is 7.24. The van der Waals surface area contributed by atoms with E-state index in [0.717, 1.165) is 0 Å². The van der Waals surface area contributed by atoms with Gasteiger partial charge < -0.3 is 0 Å². The van der Waals surface area contributed by atoms with Crippen LogP contribution in [0.1, 0.15) is 62.5 Å². The third-order valence-electron chi connectivity index (χ3n) is 7.24. The molecule has 0 nitrogen and oxygen atoms in total. The van der Waals surface area contributed by atoms with Crippen LogP contribution in [0.3, 0.4) is 0 Å². The van der Waals surface area contributed by atoms with E-state index in [9.17, 15) is 0 Å². The number of allylic oxidation sites excluding steroid dienone is 4. The third kappa shape index (κ3) is 2.35. The van der Waals surface area contributed by atoms with Crippen molar-refractivity contribution < 1.29 is 0 Å². The van der Waals surface area contributed by atoms with Gasteiger partial charge in [0.25, 0.3) is 0 Å². The summed E-state index contributed by atoms with van der Waals surface area (Å²) in [6.45, 7) is 4.81. The first-order chi connectivity index (χ1) is 12.8. The van der Waals surface area contributed by atoms with Gasteiger partial charge in [0.15, 0.2) is 0 Å². The highest BCUT2D eigenvalue weighted by atomic mass is 14.5. The molecule has 1 saturated carbocycles. The number of benzene rings is 2. The summed E-state index contributed by atoms with van der Waals surface area (Å²) in [6, 6.07) is 22.7. The molecule has 0 N–H and O–H groups in total.